The van der Waals surface area contributed by atoms with Gasteiger partial charge in [0.25, 0.3) is 5.91 Å². The molecule has 0 bridgehead atoms. The maximum absolute atomic E-state index is 13.0. The van der Waals surface area contributed by atoms with E-state index in [-0.39, 0.29) is 24.1 Å². The number of hydrogen-bond donors (Lipinski definition) is 2. The van der Waals surface area contributed by atoms with Crippen LogP contribution in [0.5, 0.6) is 0 Å². The number of hydrogen-bond acceptors (Lipinski definition) is 4. The van der Waals surface area contributed by atoms with Gasteiger partial charge in [-0.15, -0.1) is 0 Å². The molecule has 0 radical (unpaired) electrons. The van der Waals surface area contributed by atoms with Crippen molar-refractivity contribution in [3.05, 3.63) is 64.2 Å². The van der Waals surface area contributed by atoms with Crippen molar-refractivity contribution in [2.24, 2.45) is 16.7 Å². The van der Waals surface area contributed by atoms with Crippen molar-refractivity contribution in [3.8, 4) is 0 Å². The number of para-hydroxylation sites is 1. The Bertz CT molecular complexity index is 1310. The van der Waals surface area contributed by atoms with Crippen LogP contribution >= 0.6 is 22.9 Å². The highest BCUT2D eigenvalue weighted by atomic mass is 35.5. The third-order valence-electron chi connectivity index (χ3n) is 6.91. The van der Waals surface area contributed by atoms with E-state index in [0.717, 1.165) is 22.2 Å². The Morgan fingerprint density at radius 3 is 2.72 bits per heavy atom. The van der Waals surface area contributed by atoms with Gasteiger partial charge < -0.3 is 10.6 Å². The van der Waals surface area contributed by atoms with Crippen LogP contribution in [0.2, 0.25) is 5.02 Å². The van der Waals surface area contributed by atoms with Gasteiger partial charge in [-0.25, -0.2) is 4.98 Å². The van der Waals surface area contributed by atoms with Crippen molar-refractivity contribution >= 4 is 55.8 Å². The van der Waals surface area contributed by atoms with Gasteiger partial charge in [-0.2, -0.15) is 0 Å². The maximum Gasteiger partial charge on any atom is 0.255 e. The average Bonchev–Trinajstić information content (AvgIpc) is 3.42. The Kier molecular flexibility index (Phi) is 4.73. The van der Waals surface area contributed by atoms with E-state index >= 15 is 0 Å². The number of thiazole rings is 1. The maximum atomic E-state index is 13.0. The molecule has 2 aromatic carbocycles. The average molecular weight is 468 g/mol. The minimum absolute atomic E-state index is 0. The van der Waals surface area contributed by atoms with E-state index in [2.05, 4.69) is 42.5 Å². The summed E-state index contributed by atoms with van der Waals surface area (Å²) in [6, 6.07) is 10.8. The van der Waals surface area contributed by atoms with Gasteiger partial charge in [-0.3, -0.25) is 9.59 Å². The summed E-state index contributed by atoms with van der Waals surface area (Å²) in [4.78, 5) is 30.3. The number of aryl methyl sites for hydroxylation is 1. The van der Waals surface area contributed by atoms with E-state index in [1.165, 1.54) is 16.9 Å². The van der Waals surface area contributed by atoms with Crippen LogP contribution in [-0.2, 0) is 4.79 Å². The lowest BCUT2D eigenvalue weighted by Gasteiger charge is -2.10. The topological polar surface area (TPSA) is 71.1 Å². The first-order valence-corrected chi connectivity index (χ1v) is 11.8. The Morgan fingerprint density at radius 1 is 1.25 bits per heavy atom. The molecule has 1 heterocycles. The SMILES string of the molecule is CC(C)=CC1C2(C)C[C@]12C(=O)Nc1nc2ccc(C(=O)Nc3c(C)cccc3Cl)cc2s1.[HH]. The molecular weight excluding hydrogens is 442 g/mol. The number of carbonyl (C=O) groups excluding carboxylic acids is 2. The summed E-state index contributed by atoms with van der Waals surface area (Å²) in [5.41, 5.74) is 3.83. The Balaban J connectivity index is 0.00000259. The minimum Gasteiger partial charge on any atom is -0.320 e. The van der Waals surface area contributed by atoms with Crippen LogP contribution in [0.4, 0.5) is 10.8 Å². The summed E-state index contributed by atoms with van der Waals surface area (Å²) in [6.45, 7) is 8.22. The molecular formula is C25H26ClN3O2S. The van der Waals surface area contributed by atoms with Gasteiger partial charge in [0.15, 0.2) is 5.13 Å². The number of fused-ring (bicyclic) bond motifs is 2. The van der Waals surface area contributed by atoms with Crippen LogP contribution in [0.25, 0.3) is 10.2 Å². The molecule has 2 amide bonds. The molecule has 3 atom stereocenters. The lowest BCUT2D eigenvalue weighted by molar-refractivity contribution is -0.119. The molecule has 166 valence electrons. The summed E-state index contributed by atoms with van der Waals surface area (Å²) in [5.74, 6) is 0.129. The second kappa shape index (κ2) is 7.15. The molecule has 5 nitrogen and oxygen atoms in total. The molecule has 5 rings (SSSR count). The van der Waals surface area contributed by atoms with Gasteiger partial charge in [0.1, 0.15) is 0 Å². The summed E-state index contributed by atoms with van der Waals surface area (Å²) in [6.07, 6.45) is 3.14. The third-order valence-corrected chi connectivity index (χ3v) is 8.16. The molecule has 7 heteroatoms. The van der Waals surface area contributed by atoms with E-state index in [0.29, 0.717) is 27.3 Å². The number of nitrogens with zero attached hydrogens (tertiary/aromatic N) is 1. The number of nitrogens with one attached hydrogen (secondary N) is 2. The zero-order valence-electron chi connectivity index (χ0n) is 18.4. The first-order valence-electron chi connectivity index (χ1n) is 10.6. The highest BCUT2D eigenvalue weighted by Crippen LogP contribution is 2.90. The van der Waals surface area contributed by atoms with E-state index in [1.54, 1.807) is 24.3 Å². The van der Waals surface area contributed by atoms with Crippen LogP contribution in [0.1, 0.15) is 44.5 Å². The lowest BCUT2D eigenvalue weighted by Crippen LogP contribution is -2.20. The van der Waals surface area contributed by atoms with Gasteiger partial charge in [-0.1, -0.05) is 53.6 Å². The normalized spacial score (nSPS) is 25.1. The molecule has 2 saturated carbocycles. The van der Waals surface area contributed by atoms with Gasteiger partial charge in [0.2, 0.25) is 5.91 Å². The summed E-state index contributed by atoms with van der Waals surface area (Å²) >= 11 is 7.62. The molecule has 3 aromatic rings. The number of aromatic nitrogens is 1. The molecule has 0 aliphatic heterocycles. The first kappa shape index (κ1) is 21.2. The molecule has 1 aromatic heterocycles. The number of anilines is 2. The van der Waals surface area contributed by atoms with Crippen molar-refractivity contribution in [3.63, 3.8) is 0 Å². The summed E-state index contributed by atoms with van der Waals surface area (Å²) < 4.78 is 0.844. The monoisotopic (exact) mass is 467 g/mol. The highest BCUT2D eigenvalue weighted by Gasteiger charge is 2.90. The van der Waals surface area contributed by atoms with Crippen molar-refractivity contribution < 1.29 is 11.0 Å². The van der Waals surface area contributed by atoms with Crippen molar-refractivity contribution in [1.29, 1.82) is 0 Å². The second-order valence-corrected chi connectivity index (χ2v) is 10.8. The zero-order valence-corrected chi connectivity index (χ0v) is 19.9. The number of halogens is 1. The Morgan fingerprint density at radius 2 is 2.03 bits per heavy atom. The molecule has 32 heavy (non-hydrogen) atoms. The molecule has 2 N–H and O–H groups in total. The molecule has 0 saturated heterocycles. The van der Waals surface area contributed by atoms with Crippen LogP contribution in [0, 0.1) is 23.7 Å². The van der Waals surface area contributed by atoms with Crippen LogP contribution < -0.4 is 10.6 Å². The fourth-order valence-corrected chi connectivity index (χ4v) is 6.04. The number of allylic oxidation sites excluding steroid dienone is 2. The van der Waals surface area contributed by atoms with Crippen molar-refractivity contribution in [2.75, 3.05) is 10.6 Å². The minimum atomic E-state index is -0.278. The quantitative estimate of drug-likeness (QED) is 0.411. The van der Waals surface area contributed by atoms with Crippen LogP contribution in [-0.4, -0.2) is 16.8 Å². The highest BCUT2D eigenvalue weighted by molar-refractivity contribution is 7.22. The Labute approximate surface area is 197 Å². The first-order chi connectivity index (χ1) is 15.2. The third kappa shape index (κ3) is 3.16. The van der Waals surface area contributed by atoms with E-state index in [9.17, 15) is 9.59 Å². The molecule has 2 aliphatic rings. The summed E-state index contributed by atoms with van der Waals surface area (Å²) in [5, 5.41) is 6.99. The molecule has 2 fully saturated rings. The number of carbonyl (C=O) groups is 2. The van der Waals surface area contributed by atoms with E-state index in [1.807, 2.05) is 19.1 Å². The van der Waals surface area contributed by atoms with Crippen LogP contribution in [0.15, 0.2) is 48.0 Å². The standard InChI is InChI=1S/C25H24ClN3O2S.H2/c1-13(2)10-19-24(4)12-25(19,24)22(31)29-23-27-17-9-8-15(11-18(17)32-23)21(30)28-20-14(3)6-5-7-16(20)26;/h5-11,19H,12H2,1-4H3,(H,28,30)(H,27,29,31);1H/t19?,24?,25-;/m1./s1. The second-order valence-electron chi connectivity index (χ2n) is 9.33. The van der Waals surface area contributed by atoms with Gasteiger partial charge in [0, 0.05) is 6.99 Å². The van der Waals surface area contributed by atoms with Gasteiger partial charge in [-0.05, 0) is 68.4 Å². The summed E-state index contributed by atoms with van der Waals surface area (Å²) in [7, 11) is 0. The number of benzene rings is 2. The largest absolute Gasteiger partial charge is 0.320 e. The molecule has 0 spiro atoms. The van der Waals surface area contributed by atoms with E-state index in [4.69, 9.17) is 11.6 Å². The molecule has 2 unspecified atom stereocenters. The number of amides is 2. The fraction of sp³-hybridized carbons (Fsp3) is 0.320. The van der Waals surface area contributed by atoms with Gasteiger partial charge in [0.05, 0.1) is 26.3 Å². The fourth-order valence-electron chi connectivity index (χ4n) is 4.87. The predicted molar refractivity (Wildman–Crippen MR) is 133 cm³/mol. The zero-order chi connectivity index (χ0) is 22.8. The predicted octanol–water partition coefficient (Wildman–Crippen LogP) is 6.69. The Hall–Kier alpha value is -2.70. The number of rotatable bonds is 5. The van der Waals surface area contributed by atoms with Crippen LogP contribution in [0.3, 0.4) is 0 Å². The van der Waals surface area contributed by atoms with Gasteiger partial charge >= 0.3 is 0 Å². The van der Waals surface area contributed by atoms with Crippen molar-refractivity contribution in [2.45, 2.75) is 34.1 Å². The smallest absolute Gasteiger partial charge is 0.255 e. The molecule has 2 aliphatic carbocycles. The van der Waals surface area contributed by atoms with Crippen molar-refractivity contribution in [1.82, 2.24) is 4.98 Å². The lowest BCUT2D eigenvalue weighted by atomic mass is 9.99. The van der Waals surface area contributed by atoms with E-state index < -0.39 is 0 Å².